The van der Waals surface area contributed by atoms with E-state index in [1.165, 1.54) is 12.8 Å². The van der Waals surface area contributed by atoms with Gasteiger partial charge in [-0.1, -0.05) is 12.1 Å². The standard InChI is InChI=1S/C12H15F2N/c13-11-5-3-4-10(12(11)14)6-9-15-7-1-2-8-15/h3-5H,1-2,6-9H2. The Bertz CT molecular complexity index is 332. The Kier molecular flexibility index (Phi) is 3.31. The third-order valence-electron chi connectivity index (χ3n) is 2.93. The molecule has 0 saturated carbocycles. The molecule has 0 radical (unpaired) electrons. The highest BCUT2D eigenvalue weighted by molar-refractivity contribution is 5.19. The predicted molar refractivity (Wildman–Crippen MR) is 55.7 cm³/mol. The van der Waals surface area contributed by atoms with Crippen LogP contribution in [0.5, 0.6) is 0 Å². The molecule has 0 aromatic heterocycles. The fourth-order valence-corrected chi connectivity index (χ4v) is 2.03. The summed E-state index contributed by atoms with van der Waals surface area (Å²) < 4.78 is 26.2. The number of nitrogens with zero attached hydrogens (tertiary/aromatic N) is 1. The van der Waals surface area contributed by atoms with Gasteiger partial charge in [0, 0.05) is 6.54 Å². The van der Waals surface area contributed by atoms with Gasteiger partial charge in [-0.05, 0) is 44.0 Å². The second-order valence-electron chi connectivity index (χ2n) is 4.01. The highest BCUT2D eigenvalue weighted by atomic mass is 19.2. The van der Waals surface area contributed by atoms with Gasteiger partial charge in [0.25, 0.3) is 0 Å². The van der Waals surface area contributed by atoms with Crippen molar-refractivity contribution in [2.24, 2.45) is 0 Å². The first kappa shape index (κ1) is 10.6. The first-order valence-corrected chi connectivity index (χ1v) is 5.42. The van der Waals surface area contributed by atoms with Gasteiger partial charge in [0.05, 0.1) is 0 Å². The van der Waals surface area contributed by atoms with E-state index in [1.807, 2.05) is 0 Å². The molecule has 0 spiro atoms. The lowest BCUT2D eigenvalue weighted by Gasteiger charge is -2.14. The molecule has 1 nitrogen and oxygen atoms in total. The van der Waals surface area contributed by atoms with Gasteiger partial charge in [-0.2, -0.15) is 0 Å². The summed E-state index contributed by atoms with van der Waals surface area (Å²) in [7, 11) is 0. The van der Waals surface area contributed by atoms with Gasteiger partial charge in [-0.15, -0.1) is 0 Å². The summed E-state index contributed by atoms with van der Waals surface area (Å²) >= 11 is 0. The van der Waals surface area contributed by atoms with Crippen LogP contribution in [0.3, 0.4) is 0 Å². The van der Waals surface area contributed by atoms with E-state index >= 15 is 0 Å². The van der Waals surface area contributed by atoms with Crippen LogP contribution in [-0.2, 0) is 6.42 Å². The van der Waals surface area contributed by atoms with Crippen molar-refractivity contribution in [3.05, 3.63) is 35.4 Å². The monoisotopic (exact) mass is 211 g/mol. The summed E-state index contributed by atoms with van der Waals surface area (Å²) in [5.41, 5.74) is 0.488. The highest BCUT2D eigenvalue weighted by Crippen LogP contribution is 2.14. The van der Waals surface area contributed by atoms with Gasteiger partial charge in [0.2, 0.25) is 0 Å². The van der Waals surface area contributed by atoms with Crippen molar-refractivity contribution in [2.45, 2.75) is 19.3 Å². The van der Waals surface area contributed by atoms with Crippen molar-refractivity contribution in [2.75, 3.05) is 19.6 Å². The minimum Gasteiger partial charge on any atom is -0.303 e. The first-order chi connectivity index (χ1) is 7.27. The average molecular weight is 211 g/mol. The maximum atomic E-state index is 13.3. The fraction of sp³-hybridized carbons (Fsp3) is 0.500. The molecule has 1 aromatic rings. The van der Waals surface area contributed by atoms with Gasteiger partial charge < -0.3 is 4.90 Å². The first-order valence-electron chi connectivity index (χ1n) is 5.42. The maximum absolute atomic E-state index is 13.3. The number of hydrogen-bond acceptors (Lipinski definition) is 1. The Morgan fingerprint density at radius 2 is 1.87 bits per heavy atom. The third kappa shape index (κ3) is 2.53. The van der Waals surface area contributed by atoms with Crippen LogP contribution < -0.4 is 0 Å². The number of benzene rings is 1. The molecule has 0 unspecified atom stereocenters. The molecule has 0 bridgehead atoms. The van der Waals surface area contributed by atoms with Crippen LogP contribution in [0, 0.1) is 11.6 Å². The van der Waals surface area contributed by atoms with E-state index in [-0.39, 0.29) is 0 Å². The van der Waals surface area contributed by atoms with Gasteiger partial charge in [0.1, 0.15) is 0 Å². The zero-order valence-electron chi connectivity index (χ0n) is 8.68. The molecular weight excluding hydrogens is 196 g/mol. The molecule has 1 saturated heterocycles. The molecule has 0 amide bonds. The van der Waals surface area contributed by atoms with Crippen molar-refractivity contribution in [1.29, 1.82) is 0 Å². The molecule has 2 rings (SSSR count). The molecule has 0 atom stereocenters. The number of rotatable bonds is 3. The molecule has 15 heavy (non-hydrogen) atoms. The lowest BCUT2D eigenvalue weighted by molar-refractivity contribution is 0.340. The second kappa shape index (κ2) is 4.71. The van der Waals surface area contributed by atoms with Gasteiger partial charge >= 0.3 is 0 Å². The van der Waals surface area contributed by atoms with Crippen molar-refractivity contribution >= 4 is 0 Å². The molecule has 82 valence electrons. The van der Waals surface area contributed by atoms with Crippen LogP contribution >= 0.6 is 0 Å². The van der Waals surface area contributed by atoms with E-state index in [2.05, 4.69) is 4.90 Å². The molecule has 1 heterocycles. The third-order valence-corrected chi connectivity index (χ3v) is 2.93. The predicted octanol–water partition coefficient (Wildman–Crippen LogP) is 2.60. The van der Waals surface area contributed by atoms with Crippen LogP contribution in [0.25, 0.3) is 0 Å². The van der Waals surface area contributed by atoms with E-state index < -0.39 is 11.6 Å². The van der Waals surface area contributed by atoms with Crippen LogP contribution in [0.1, 0.15) is 18.4 Å². The Labute approximate surface area is 88.7 Å². The average Bonchev–Trinajstić information content (AvgIpc) is 2.73. The molecule has 1 aliphatic rings. The molecular formula is C12H15F2N. The zero-order chi connectivity index (χ0) is 10.7. The summed E-state index contributed by atoms with van der Waals surface area (Å²) in [5, 5.41) is 0. The molecule has 0 N–H and O–H groups in total. The minimum absolute atomic E-state index is 0.488. The Balaban J connectivity index is 1.95. The Morgan fingerprint density at radius 1 is 1.13 bits per heavy atom. The van der Waals surface area contributed by atoms with Crippen LogP contribution in [0.15, 0.2) is 18.2 Å². The van der Waals surface area contributed by atoms with E-state index in [1.54, 1.807) is 12.1 Å². The van der Waals surface area contributed by atoms with E-state index in [9.17, 15) is 8.78 Å². The Hall–Kier alpha value is -0.960. The van der Waals surface area contributed by atoms with Crippen molar-refractivity contribution in [3.63, 3.8) is 0 Å². The lowest BCUT2D eigenvalue weighted by Crippen LogP contribution is -2.22. The molecule has 3 heteroatoms. The lowest BCUT2D eigenvalue weighted by atomic mass is 10.1. The van der Waals surface area contributed by atoms with E-state index in [0.717, 1.165) is 25.7 Å². The highest BCUT2D eigenvalue weighted by Gasteiger charge is 2.13. The van der Waals surface area contributed by atoms with E-state index in [0.29, 0.717) is 12.0 Å². The van der Waals surface area contributed by atoms with Gasteiger partial charge in [-0.3, -0.25) is 0 Å². The fourth-order valence-electron chi connectivity index (χ4n) is 2.03. The molecule has 1 aromatic carbocycles. The van der Waals surface area contributed by atoms with Crippen LogP contribution in [0.4, 0.5) is 8.78 Å². The number of halogens is 2. The maximum Gasteiger partial charge on any atom is 0.162 e. The summed E-state index contributed by atoms with van der Waals surface area (Å²) in [6, 6.07) is 4.39. The minimum atomic E-state index is -0.742. The van der Waals surface area contributed by atoms with Crippen LogP contribution in [0.2, 0.25) is 0 Å². The van der Waals surface area contributed by atoms with Crippen molar-refractivity contribution in [1.82, 2.24) is 4.90 Å². The summed E-state index contributed by atoms with van der Waals surface area (Å²) in [6.45, 7) is 3.02. The number of hydrogen-bond donors (Lipinski definition) is 0. The van der Waals surface area contributed by atoms with E-state index in [4.69, 9.17) is 0 Å². The van der Waals surface area contributed by atoms with Gasteiger partial charge in [-0.25, -0.2) is 8.78 Å². The quantitative estimate of drug-likeness (QED) is 0.742. The smallest absolute Gasteiger partial charge is 0.162 e. The molecule has 1 aliphatic heterocycles. The zero-order valence-corrected chi connectivity index (χ0v) is 8.68. The summed E-state index contributed by atoms with van der Waals surface area (Å²) in [4.78, 5) is 2.30. The van der Waals surface area contributed by atoms with Crippen molar-refractivity contribution < 1.29 is 8.78 Å². The Morgan fingerprint density at radius 3 is 2.60 bits per heavy atom. The summed E-state index contributed by atoms with van der Waals surface area (Å²) in [5.74, 6) is -1.43. The molecule has 0 aliphatic carbocycles. The van der Waals surface area contributed by atoms with Crippen LogP contribution in [-0.4, -0.2) is 24.5 Å². The molecule has 1 fully saturated rings. The van der Waals surface area contributed by atoms with Crippen molar-refractivity contribution in [3.8, 4) is 0 Å². The largest absolute Gasteiger partial charge is 0.303 e. The second-order valence-corrected chi connectivity index (χ2v) is 4.01. The van der Waals surface area contributed by atoms with Gasteiger partial charge in [0.15, 0.2) is 11.6 Å². The number of likely N-dealkylation sites (tertiary alicyclic amines) is 1. The topological polar surface area (TPSA) is 3.24 Å². The summed E-state index contributed by atoms with van der Waals surface area (Å²) in [6.07, 6.45) is 3.06. The normalized spacial score (nSPS) is 17.2. The SMILES string of the molecule is Fc1cccc(CCN2CCCC2)c1F.